The Hall–Kier alpha value is -4.25. The highest BCUT2D eigenvalue weighted by molar-refractivity contribution is 6.00. The molecule has 4 aliphatic heterocycles. The number of piperidine rings is 2. The fourth-order valence-electron chi connectivity index (χ4n) is 6.98. The molecule has 45 heavy (non-hydrogen) atoms. The maximum atomic E-state index is 16.7. The Morgan fingerprint density at radius 1 is 1.07 bits per heavy atom. The SMILES string of the molecule is CN1CCC[C@H]1COc1nc(N2C[C@@H]3CC[C@@H]2CN3C(=O)OC(C)(C)C)c2cnc(-c3cc(O)cc4ccccc34)c(F)c2n1. The van der Waals surface area contributed by atoms with Crippen LogP contribution >= 0.6 is 0 Å². The maximum absolute atomic E-state index is 16.7. The number of halogens is 1. The molecule has 0 radical (unpaired) electrons. The third-order valence-electron chi connectivity index (χ3n) is 9.25. The Kier molecular flexibility index (Phi) is 7.38. The number of aromatic nitrogens is 3. The standard InChI is InChI=1S/C34H39FN6O4/c1-34(2,3)45-33(43)41-18-21-11-12-22(41)17-40(21)31-27-16-36-29(26-15-24(42)14-20-8-5-6-10-25(20)26)28(35)30(27)37-32(38-31)44-19-23-9-7-13-39(23)4/h5-6,8,10,14-16,21-23,42H,7,9,11-13,17-19H2,1-4H3/t21-,22+,23+/m1/s1. The quantitative estimate of drug-likeness (QED) is 0.301. The molecule has 2 bridgehead atoms. The summed E-state index contributed by atoms with van der Waals surface area (Å²) in [4.78, 5) is 33.3. The van der Waals surface area contributed by atoms with Crippen LogP contribution in [-0.2, 0) is 4.74 Å². The second kappa shape index (κ2) is 11.3. The number of benzene rings is 2. The van der Waals surface area contributed by atoms with Crippen LogP contribution in [0.2, 0.25) is 0 Å². The van der Waals surface area contributed by atoms with Gasteiger partial charge in [-0.15, -0.1) is 0 Å². The highest BCUT2D eigenvalue weighted by Crippen LogP contribution is 2.40. The summed E-state index contributed by atoms with van der Waals surface area (Å²) in [5.74, 6) is -0.0312. The number of nitrogens with zero attached hydrogens (tertiary/aromatic N) is 6. The number of phenols is 1. The molecule has 6 heterocycles. The van der Waals surface area contributed by atoms with E-state index in [1.54, 1.807) is 12.3 Å². The summed E-state index contributed by atoms with van der Waals surface area (Å²) in [6, 6.07) is 10.9. The molecule has 0 aliphatic carbocycles. The molecule has 0 saturated carbocycles. The molecular weight excluding hydrogens is 575 g/mol. The van der Waals surface area contributed by atoms with Gasteiger partial charge in [0.15, 0.2) is 5.82 Å². The van der Waals surface area contributed by atoms with E-state index in [9.17, 15) is 9.90 Å². The van der Waals surface area contributed by atoms with E-state index >= 15 is 4.39 Å². The fourth-order valence-corrected chi connectivity index (χ4v) is 6.98. The predicted octanol–water partition coefficient (Wildman–Crippen LogP) is 5.75. The van der Waals surface area contributed by atoms with Crippen LogP contribution in [0.5, 0.6) is 11.8 Å². The minimum Gasteiger partial charge on any atom is -0.508 e. The molecule has 10 nitrogen and oxygen atoms in total. The predicted molar refractivity (Wildman–Crippen MR) is 170 cm³/mol. The van der Waals surface area contributed by atoms with Crippen molar-refractivity contribution in [2.75, 3.05) is 38.2 Å². The number of ether oxygens (including phenoxy) is 2. The molecule has 1 N–H and O–H groups in total. The van der Waals surface area contributed by atoms with Crippen molar-refractivity contribution in [1.82, 2.24) is 24.8 Å². The number of pyridine rings is 1. The van der Waals surface area contributed by atoms with Crippen LogP contribution in [0.25, 0.3) is 32.9 Å². The van der Waals surface area contributed by atoms with Crippen molar-refractivity contribution in [3.05, 3.63) is 48.4 Å². The number of amides is 1. The van der Waals surface area contributed by atoms with E-state index in [0.29, 0.717) is 36.5 Å². The molecule has 2 aromatic carbocycles. The maximum Gasteiger partial charge on any atom is 0.410 e. The second-order valence-electron chi connectivity index (χ2n) is 13.5. The number of fused-ring (bicyclic) bond motifs is 5. The zero-order chi connectivity index (χ0) is 31.5. The van der Waals surface area contributed by atoms with Crippen LogP contribution in [0, 0.1) is 5.82 Å². The number of anilines is 1. The van der Waals surface area contributed by atoms with Crippen molar-refractivity contribution in [2.45, 2.75) is 70.2 Å². The first-order valence-corrected chi connectivity index (χ1v) is 15.7. The molecule has 236 valence electrons. The first kappa shape index (κ1) is 29.5. The van der Waals surface area contributed by atoms with Crippen LogP contribution in [0.4, 0.5) is 15.0 Å². The van der Waals surface area contributed by atoms with Gasteiger partial charge in [0.2, 0.25) is 0 Å². The molecule has 11 heteroatoms. The zero-order valence-corrected chi connectivity index (χ0v) is 26.2. The van der Waals surface area contributed by atoms with Gasteiger partial charge >= 0.3 is 12.1 Å². The highest BCUT2D eigenvalue weighted by Gasteiger charge is 2.44. The normalized spacial score (nSPS) is 22.0. The van der Waals surface area contributed by atoms with Gasteiger partial charge < -0.3 is 29.3 Å². The molecule has 2 aromatic heterocycles. The van der Waals surface area contributed by atoms with E-state index in [2.05, 4.69) is 26.8 Å². The number of likely N-dealkylation sites (tertiary alicyclic amines) is 1. The monoisotopic (exact) mass is 614 g/mol. The van der Waals surface area contributed by atoms with Gasteiger partial charge in [-0.25, -0.2) is 9.18 Å². The molecule has 0 spiro atoms. The van der Waals surface area contributed by atoms with Gasteiger partial charge in [0.05, 0.1) is 11.4 Å². The smallest absolute Gasteiger partial charge is 0.410 e. The Bertz CT molecular complexity index is 1780. The van der Waals surface area contributed by atoms with Crippen molar-refractivity contribution < 1.29 is 23.8 Å². The summed E-state index contributed by atoms with van der Waals surface area (Å²) in [5.41, 5.74) is 0.0948. The van der Waals surface area contributed by atoms with Gasteiger partial charge in [-0.2, -0.15) is 9.97 Å². The van der Waals surface area contributed by atoms with E-state index in [0.717, 1.165) is 43.0 Å². The van der Waals surface area contributed by atoms with Crippen LogP contribution in [0.3, 0.4) is 0 Å². The summed E-state index contributed by atoms with van der Waals surface area (Å²) in [6.07, 6.45) is 5.12. The van der Waals surface area contributed by atoms with Gasteiger partial charge in [0.1, 0.15) is 35.0 Å². The minimum atomic E-state index is -0.604. The lowest BCUT2D eigenvalue weighted by Gasteiger charge is -2.51. The van der Waals surface area contributed by atoms with Crippen molar-refractivity contribution in [3.8, 4) is 23.0 Å². The first-order chi connectivity index (χ1) is 21.6. The Labute approximate surface area is 261 Å². The van der Waals surface area contributed by atoms with Gasteiger partial charge in [-0.05, 0) is 83.0 Å². The van der Waals surface area contributed by atoms with Crippen LogP contribution < -0.4 is 9.64 Å². The van der Waals surface area contributed by atoms with Gasteiger partial charge in [0, 0.05) is 36.9 Å². The first-order valence-electron chi connectivity index (χ1n) is 15.7. The summed E-state index contributed by atoms with van der Waals surface area (Å²) in [7, 11) is 2.08. The summed E-state index contributed by atoms with van der Waals surface area (Å²) >= 11 is 0. The molecule has 4 saturated heterocycles. The molecule has 4 aromatic rings. The third-order valence-corrected chi connectivity index (χ3v) is 9.25. The number of aromatic hydroxyl groups is 1. The lowest BCUT2D eigenvalue weighted by molar-refractivity contribution is 0.000794. The number of rotatable bonds is 5. The number of phenolic OH excluding ortho intramolecular Hbond substituents is 1. The van der Waals surface area contributed by atoms with Gasteiger partial charge in [-0.1, -0.05) is 24.3 Å². The number of hydrogen-bond acceptors (Lipinski definition) is 9. The van der Waals surface area contributed by atoms with E-state index in [1.807, 2.05) is 49.9 Å². The summed E-state index contributed by atoms with van der Waals surface area (Å²) in [5, 5.41) is 12.5. The molecule has 4 fully saturated rings. The number of carbonyl (C=O) groups excluding carboxylic acids is 1. The van der Waals surface area contributed by atoms with E-state index in [-0.39, 0.29) is 47.2 Å². The minimum absolute atomic E-state index is 0.0250. The topological polar surface area (TPSA) is 104 Å². The van der Waals surface area contributed by atoms with Crippen molar-refractivity contribution in [3.63, 3.8) is 0 Å². The van der Waals surface area contributed by atoms with Gasteiger partial charge in [-0.3, -0.25) is 4.98 Å². The van der Waals surface area contributed by atoms with E-state index in [1.165, 1.54) is 6.07 Å². The number of piperazine rings is 1. The van der Waals surface area contributed by atoms with E-state index < -0.39 is 11.4 Å². The van der Waals surface area contributed by atoms with E-state index in [4.69, 9.17) is 14.5 Å². The Balaban J connectivity index is 1.30. The molecule has 3 atom stereocenters. The lowest BCUT2D eigenvalue weighted by Crippen LogP contribution is -2.64. The van der Waals surface area contributed by atoms with Crippen molar-refractivity contribution in [1.29, 1.82) is 0 Å². The van der Waals surface area contributed by atoms with Gasteiger partial charge in [0.25, 0.3) is 0 Å². The van der Waals surface area contributed by atoms with Crippen LogP contribution in [-0.4, -0.2) is 93.0 Å². The average molecular weight is 615 g/mol. The Morgan fingerprint density at radius 3 is 2.60 bits per heavy atom. The number of likely N-dealkylation sites (N-methyl/N-ethyl adjacent to an activating group) is 1. The fraction of sp³-hybridized carbons (Fsp3) is 0.471. The average Bonchev–Trinajstić information content (AvgIpc) is 3.43. The third kappa shape index (κ3) is 5.58. The lowest BCUT2D eigenvalue weighted by atomic mass is 9.91. The zero-order valence-electron chi connectivity index (χ0n) is 26.2. The molecule has 8 rings (SSSR count). The van der Waals surface area contributed by atoms with Crippen LogP contribution in [0.1, 0.15) is 46.5 Å². The number of carbonyl (C=O) groups is 1. The molecule has 0 unspecified atom stereocenters. The highest BCUT2D eigenvalue weighted by atomic mass is 19.1. The largest absolute Gasteiger partial charge is 0.508 e. The Morgan fingerprint density at radius 2 is 1.87 bits per heavy atom. The molecule has 1 amide bonds. The molecule has 4 aliphatic rings. The van der Waals surface area contributed by atoms with Crippen molar-refractivity contribution in [2.24, 2.45) is 0 Å². The summed E-state index contributed by atoms with van der Waals surface area (Å²) < 4.78 is 28.6. The molecular formula is C34H39FN6O4. The van der Waals surface area contributed by atoms with Crippen LogP contribution in [0.15, 0.2) is 42.6 Å². The second-order valence-corrected chi connectivity index (χ2v) is 13.5. The number of hydrogen-bond donors (Lipinski definition) is 1. The van der Waals surface area contributed by atoms with Crippen molar-refractivity contribution >= 4 is 33.6 Å². The summed E-state index contributed by atoms with van der Waals surface area (Å²) in [6.45, 7) is 8.02.